The van der Waals surface area contributed by atoms with Gasteiger partial charge >= 0.3 is 7.60 Å². The van der Waals surface area contributed by atoms with Crippen LogP contribution in [-0.4, -0.2) is 24.4 Å². The van der Waals surface area contributed by atoms with Crippen LogP contribution in [0, 0.1) is 0 Å². The van der Waals surface area contributed by atoms with Gasteiger partial charge in [0.05, 0.1) is 30.6 Å². The summed E-state index contributed by atoms with van der Waals surface area (Å²) in [4.78, 5) is 0. The van der Waals surface area contributed by atoms with E-state index in [2.05, 4.69) is 0 Å². The summed E-state index contributed by atoms with van der Waals surface area (Å²) in [7, 11) is -3.09. The van der Waals surface area contributed by atoms with Gasteiger partial charge in [-0.2, -0.15) is 0 Å². The van der Waals surface area contributed by atoms with Crippen molar-refractivity contribution in [1.29, 1.82) is 0 Å². The minimum atomic E-state index is -3.09. The van der Waals surface area contributed by atoms with Crippen LogP contribution in [0.25, 0.3) is 0 Å². The molecule has 1 saturated heterocycles. The summed E-state index contributed by atoms with van der Waals surface area (Å²) in [5.41, 5.74) is 1.12. The van der Waals surface area contributed by atoms with E-state index in [0.29, 0.717) is 13.2 Å². The van der Waals surface area contributed by atoms with E-state index in [4.69, 9.17) is 18.5 Å². The molecule has 0 aliphatic carbocycles. The van der Waals surface area contributed by atoms with Gasteiger partial charge < -0.3 is 18.5 Å². The fourth-order valence-electron chi connectivity index (χ4n) is 2.50. The quantitative estimate of drug-likeness (QED) is 0.640. The molecule has 1 aliphatic heterocycles. The molecule has 0 N–H and O–H groups in total. The number of benzene rings is 1. The van der Waals surface area contributed by atoms with Crippen LogP contribution in [0.3, 0.4) is 0 Å². The molecule has 0 aromatic heterocycles. The van der Waals surface area contributed by atoms with Crippen LogP contribution in [0.1, 0.15) is 59.0 Å². The number of hydrogen-bond donors (Lipinski definition) is 0. The molecule has 0 amide bonds. The molecule has 0 atom stereocenters. The van der Waals surface area contributed by atoms with Crippen molar-refractivity contribution in [3.63, 3.8) is 0 Å². The van der Waals surface area contributed by atoms with Crippen molar-refractivity contribution >= 4 is 7.60 Å². The van der Waals surface area contributed by atoms with Crippen molar-refractivity contribution in [2.75, 3.05) is 13.2 Å². The molecule has 1 fully saturated rings. The van der Waals surface area contributed by atoms with Crippen LogP contribution in [0.4, 0.5) is 0 Å². The Kier molecular flexibility index (Phi) is 5.94. The standard InChI is InChI=1S/C18H29O5P/c1-7-20-24(19,21-8-2)13-14-9-11-15(12-10-14)16-22-17(3,4)18(5,6)23-16/h9-12,16H,7-8,13H2,1-6H3. The van der Waals surface area contributed by atoms with E-state index in [9.17, 15) is 4.57 Å². The largest absolute Gasteiger partial charge is 0.339 e. The molecule has 0 radical (unpaired) electrons. The zero-order valence-electron chi connectivity index (χ0n) is 15.5. The number of hydrogen-bond acceptors (Lipinski definition) is 5. The van der Waals surface area contributed by atoms with Crippen LogP contribution in [-0.2, 0) is 29.2 Å². The van der Waals surface area contributed by atoms with Crippen LogP contribution in [0.5, 0.6) is 0 Å². The van der Waals surface area contributed by atoms with E-state index < -0.39 is 13.9 Å². The normalized spacial score (nSPS) is 20.4. The second kappa shape index (κ2) is 7.27. The lowest BCUT2D eigenvalue weighted by Crippen LogP contribution is -2.41. The van der Waals surface area contributed by atoms with Gasteiger partial charge in [-0.05, 0) is 47.1 Å². The molecule has 1 aromatic carbocycles. The van der Waals surface area contributed by atoms with Crippen LogP contribution in [0.15, 0.2) is 24.3 Å². The van der Waals surface area contributed by atoms with Gasteiger partial charge in [0.25, 0.3) is 0 Å². The third-order valence-electron chi connectivity index (χ3n) is 4.53. The Hall–Kier alpha value is -0.710. The molecule has 1 aliphatic rings. The van der Waals surface area contributed by atoms with Crippen molar-refractivity contribution in [2.24, 2.45) is 0 Å². The van der Waals surface area contributed by atoms with E-state index in [0.717, 1.165) is 11.1 Å². The Morgan fingerprint density at radius 2 is 1.42 bits per heavy atom. The highest BCUT2D eigenvalue weighted by atomic mass is 31.2. The molecule has 1 heterocycles. The van der Waals surface area contributed by atoms with Gasteiger partial charge in [0.15, 0.2) is 6.29 Å². The molecule has 1 aromatic rings. The number of ether oxygens (including phenoxy) is 2. The third-order valence-corrected chi connectivity index (χ3v) is 6.59. The van der Waals surface area contributed by atoms with Gasteiger partial charge in [-0.25, -0.2) is 0 Å². The maximum atomic E-state index is 12.6. The molecule has 136 valence electrons. The maximum absolute atomic E-state index is 12.6. The minimum Gasteiger partial charge on any atom is -0.339 e. The lowest BCUT2D eigenvalue weighted by atomic mass is 9.90. The van der Waals surface area contributed by atoms with Crippen molar-refractivity contribution < 1.29 is 23.1 Å². The molecule has 24 heavy (non-hydrogen) atoms. The van der Waals surface area contributed by atoms with Crippen molar-refractivity contribution in [1.82, 2.24) is 0 Å². The molecule has 0 unspecified atom stereocenters. The monoisotopic (exact) mass is 356 g/mol. The Balaban J connectivity index is 2.10. The summed E-state index contributed by atoms with van der Waals surface area (Å²) in [5.74, 6) is 0. The molecular weight excluding hydrogens is 327 g/mol. The second-order valence-electron chi connectivity index (χ2n) is 6.93. The Morgan fingerprint density at radius 1 is 0.958 bits per heavy atom. The molecule has 0 spiro atoms. The van der Waals surface area contributed by atoms with Crippen molar-refractivity contribution in [2.45, 2.75) is 65.2 Å². The lowest BCUT2D eigenvalue weighted by Gasteiger charge is -2.30. The second-order valence-corrected chi connectivity index (χ2v) is 8.99. The first-order valence-electron chi connectivity index (χ1n) is 8.45. The average Bonchev–Trinajstić information content (AvgIpc) is 2.68. The summed E-state index contributed by atoms with van der Waals surface area (Å²) in [6.45, 7) is 12.5. The highest BCUT2D eigenvalue weighted by Gasteiger charge is 2.49. The molecular formula is C18H29O5P. The van der Waals surface area contributed by atoms with Crippen LogP contribution >= 0.6 is 7.60 Å². The van der Waals surface area contributed by atoms with E-state index in [1.807, 2.05) is 65.8 Å². The molecule has 5 nitrogen and oxygen atoms in total. The van der Waals surface area contributed by atoms with Gasteiger partial charge in [0, 0.05) is 5.56 Å². The smallest absolute Gasteiger partial charge is 0.335 e. The predicted molar refractivity (Wildman–Crippen MR) is 94.1 cm³/mol. The highest BCUT2D eigenvalue weighted by Crippen LogP contribution is 2.51. The van der Waals surface area contributed by atoms with Gasteiger partial charge in [0.1, 0.15) is 0 Å². The molecule has 0 saturated carbocycles. The molecule has 2 rings (SSSR count). The zero-order valence-corrected chi connectivity index (χ0v) is 16.4. The van der Waals surface area contributed by atoms with E-state index in [-0.39, 0.29) is 17.4 Å². The van der Waals surface area contributed by atoms with E-state index >= 15 is 0 Å². The fourth-order valence-corrected chi connectivity index (χ4v) is 4.21. The first-order valence-corrected chi connectivity index (χ1v) is 10.2. The molecule has 0 bridgehead atoms. The number of rotatable bonds is 7. The van der Waals surface area contributed by atoms with E-state index in [1.165, 1.54) is 0 Å². The van der Waals surface area contributed by atoms with Crippen molar-refractivity contribution in [3.05, 3.63) is 35.4 Å². The first kappa shape index (κ1) is 19.6. The maximum Gasteiger partial charge on any atom is 0.335 e. The fraction of sp³-hybridized carbons (Fsp3) is 0.667. The van der Waals surface area contributed by atoms with Crippen molar-refractivity contribution in [3.8, 4) is 0 Å². The summed E-state index contributed by atoms with van der Waals surface area (Å²) in [6, 6.07) is 7.73. The summed E-state index contributed by atoms with van der Waals surface area (Å²) < 4.78 is 35.4. The van der Waals surface area contributed by atoms with Crippen LogP contribution in [0.2, 0.25) is 0 Å². The minimum absolute atomic E-state index is 0.262. The lowest BCUT2D eigenvalue weighted by molar-refractivity contribution is -0.0895. The first-order chi connectivity index (χ1) is 11.1. The summed E-state index contributed by atoms with van der Waals surface area (Å²) in [5, 5.41) is 0. The van der Waals surface area contributed by atoms with Gasteiger partial charge in [-0.1, -0.05) is 24.3 Å². The van der Waals surface area contributed by atoms with Crippen LogP contribution < -0.4 is 0 Å². The van der Waals surface area contributed by atoms with E-state index in [1.54, 1.807) is 0 Å². The predicted octanol–water partition coefficient (Wildman–Crippen LogP) is 5.06. The SMILES string of the molecule is CCOP(=O)(Cc1ccc(C2OC(C)(C)C(C)(C)O2)cc1)OCC. The summed E-state index contributed by atoms with van der Waals surface area (Å²) in [6.07, 6.45) is -0.132. The average molecular weight is 356 g/mol. The Labute approximate surface area is 145 Å². The van der Waals surface area contributed by atoms with Gasteiger partial charge in [-0.3, -0.25) is 4.57 Å². The van der Waals surface area contributed by atoms with Gasteiger partial charge in [-0.15, -0.1) is 0 Å². The third kappa shape index (κ3) is 4.27. The Morgan fingerprint density at radius 3 is 1.83 bits per heavy atom. The molecule has 6 heteroatoms. The topological polar surface area (TPSA) is 54.0 Å². The Bertz CT molecular complexity index is 568. The van der Waals surface area contributed by atoms with Gasteiger partial charge in [0.2, 0.25) is 0 Å². The summed E-state index contributed by atoms with van der Waals surface area (Å²) >= 11 is 0. The highest BCUT2D eigenvalue weighted by molar-refractivity contribution is 7.53. The zero-order chi connectivity index (χ0) is 18.0.